The summed E-state index contributed by atoms with van der Waals surface area (Å²) in [4.78, 5) is 37.5. The van der Waals surface area contributed by atoms with Crippen molar-refractivity contribution in [1.82, 2.24) is 5.32 Å². The molecule has 0 saturated heterocycles. The van der Waals surface area contributed by atoms with E-state index in [2.05, 4.69) is 30.4 Å². The van der Waals surface area contributed by atoms with E-state index >= 15 is 0 Å². The molecule has 0 bridgehead atoms. The van der Waals surface area contributed by atoms with Gasteiger partial charge in [-0.25, -0.2) is 0 Å². The third-order valence-corrected chi connectivity index (χ3v) is 5.18. The van der Waals surface area contributed by atoms with Crippen molar-refractivity contribution in [2.75, 3.05) is 4.90 Å². The Bertz CT molecular complexity index is 878. The molecule has 5 nitrogen and oxygen atoms in total. The lowest BCUT2D eigenvalue weighted by Crippen LogP contribution is -2.36. The fraction of sp³-hybridized carbons (Fsp3) is 0.348. The van der Waals surface area contributed by atoms with E-state index in [0.29, 0.717) is 18.7 Å². The third kappa shape index (κ3) is 4.47. The second-order valence-corrected chi connectivity index (χ2v) is 7.40. The van der Waals surface area contributed by atoms with Gasteiger partial charge in [-0.3, -0.25) is 9.59 Å². The minimum absolute atomic E-state index is 0.0632. The van der Waals surface area contributed by atoms with Gasteiger partial charge in [0.15, 0.2) is 0 Å². The molecule has 0 spiro atoms. The molecule has 0 radical (unpaired) electrons. The number of aldehydes is 1. The van der Waals surface area contributed by atoms with Crippen LogP contribution in [0.15, 0.2) is 48.5 Å². The van der Waals surface area contributed by atoms with E-state index in [4.69, 9.17) is 0 Å². The van der Waals surface area contributed by atoms with E-state index in [9.17, 15) is 14.4 Å². The number of rotatable bonds is 5. The van der Waals surface area contributed by atoms with Crippen LogP contribution in [0.1, 0.15) is 49.3 Å². The average Bonchev–Trinajstić information content (AvgIpc) is 2.69. The zero-order chi connectivity index (χ0) is 20.1. The fourth-order valence-electron chi connectivity index (χ4n) is 3.74. The normalized spacial score (nSPS) is 16.8. The number of para-hydroxylation sites is 1. The summed E-state index contributed by atoms with van der Waals surface area (Å²) in [6.07, 6.45) is 1.69. The highest BCUT2D eigenvalue weighted by Crippen LogP contribution is 2.34. The summed E-state index contributed by atoms with van der Waals surface area (Å²) in [5, 5.41) is 2.57. The van der Waals surface area contributed by atoms with Gasteiger partial charge in [0.1, 0.15) is 6.29 Å². The Kier molecular flexibility index (Phi) is 6.24. The molecule has 28 heavy (non-hydrogen) atoms. The number of hydrogen-bond donors (Lipinski definition) is 1. The molecule has 2 amide bonds. The number of fused-ring (bicyclic) bond motifs is 2. The third-order valence-electron chi connectivity index (χ3n) is 5.18. The molecule has 0 aromatic heterocycles. The molecular weight excluding hydrogens is 352 g/mol. The molecule has 2 aromatic rings. The van der Waals surface area contributed by atoms with Crippen molar-refractivity contribution in [2.24, 2.45) is 0 Å². The first-order valence-corrected chi connectivity index (χ1v) is 9.70. The van der Waals surface area contributed by atoms with Crippen LogP contribution in [-0.4, -0.2) is 24.1 Å². The maximum absolute atomic E-state index is 13.1. The molecular formula is C23H26N2O3. The largest absolute Gasteiger partial charge is 0.347 e. The summed E-state index contributed by atoms with van der Waals surface area (Å²) in [6.45, 7) is 4.31. The Morgan fingerprint density at radius 2 is 1.79 bits per heavy atom. The second kappa shape index (κ2) is 8.83. The summed E-state index contributed by atoms with van der Waals surface area (Å²) in [5.74, 6) is -0.0155. The van der Waals surface area contributed by atoms with Crippen LogP contribution in [0, 0.1) is 0 Å². The first kappa shape index (κ1) is 19.8. The first-order chi connectivity index (χ1) is 13.5. The Hall–Kier alpha value is -2.95. The molecule has 0 aliphatic carbocycles. The topological polar surface area (TPSA) is 66.5 Å². The molecule has 2 atom stereocenters. The lowest BCUT2D eigenvalue weighted by molar-refractivity contribution is -0.126. The quantitative estimate of drug-likeness (QED) is 0.812. The molecule has 0 saturated carbocycles. The minimum atomic E-state index is -0.543. The van der Waals surface area contributed by atoms with Crippen LogP contribution in [0.3, 0.4) is 0 Å². The van der Waals surface area contributed by atoms with E-state index in [1.165, 1.54) is 5.56 Å². The van der Waals surface area contributed by atoms with Crippen LogP contribution in [0.25, 0.3) is 0 Å². The van der Waals surface area contributed by atoms with Crippen molar-refractivity contribution in [1.29, 1.82) is 0 Å². The summed E-state index contributed by atoms with van der Waals surface area (Å²) in [5.41, 5.74) is 4.44. The van der Waals surface area contributed by atoms with Crippen LogP contribution in [-0.2, 0) is 27.3 Å². The zero-order valence-electron chi connectivity index (χ0n) is 16.4. The zero-order valence-corrected chi connectivity index (χ0v) is 16.4. The second-order valence-electron chi connectivity index (χ2n) is 7.40. The summed E-state index contributed by atoms with van der Waals surface area (Å²) < 4.78 is 0. The predicted molar refractivity (Wildman–Crippen MR) is 109 cm³/mol. The molecule has 1 N–H and O–H groups in total. The maximum Gasteiger partial charge on any atom is 0.227 e. The SMILES string of the molecule is CC(C=O)NC(=O)CCC(=O)N1Cc2ccccc2C(C)Cc2ccccc21. The minimum Gasteiger partial charge on any atom is -0.347 e. The molecule has 2 aromatic carbocycles. The average molecular weight is 378 g/mol. The van der Waals surface area contributed by atoms with Gasteiger partial charge >= 0.3 is 0 Å². The molecule has 3 rings (SSSR count). The first-order valence-electron chi connectivity index (χ1n) is 9.70. The van der Waals surface area contributed by atoms with Gasteiger partial charge in [0.2, 0.25) is 11.8 Å². The van der Waals surface area contributed by atoms with Gasteiger partial charge in [-0.1, -0.05) is 49.4 Å². The smallest absolute Gasteiger partial charge is 0.227 e. The van der Waals surface area contributed by atoms with Gasteiger partial charge in [-0.2, -0.15) is 0 Å². The van der Waals surface area contributed by atoms with E-state index in [1.807, 2.05) is 30.3 Å². The Labute approximate surface area is 165 Å². The number of amides is 2. The summed E-state index contributed by atoms with van der Waals surface area (Å²) in [7, 11) is 0. The van der Waals surface area contributed by atoms with Crippen LogP contribution in [0.2, 0.25) is 0 Å². The van der Waals surface area contributed by atoms with E-state index in [0.717, 1.165) is 23.2 Å². The van der Waals surface area contributed by atoms with Crippen molar-refractivity contribution in [2.45, 2.75) is 51.6 Å². The molecule has 5 heteroatoms. The fourth-order valence-corrected chi connectivity index (χ4v) is 3.74. The highest BCUT2D eigenvalue weighted by Gasteiger charge is 2.25. The van der Waals surface area contributed by atoms with Gasteiger partial charge in [0, 0.05) is 18.5 Å². The number of nitrogens with one attached hydrogen (secondary N) is 1. The molecule has 2 unspecified atom stereocenters. The summed E-state index contributed by atoms with van der Waals surface area (Å²) in [6, 6.07) is 15.7. The highest BCUT2D eigenvalue weighted by molar-refractivity contribution is 5.96. The number of carbonyl (C=O) groups excluding carboxylic acids is 3. The Morgan fingerprint density at radius 1 is 1.11 bits per heavy atom. The van der Waals surface area contributed by atoms with E-state index < -0.39 is 6.04 Å². The molecule has 1 aliphatic rings. The van der Waals surface area contributed by atoms with E-state index in [-0.39, 0.29) is 24.7 Å². The summed E-state index contributed by atoms with van der Waals surface area (Å²) >= 11 is 0. The molecule has 0 fully saturated rings. The van der Waals surface area contributed by atoms with Crippen molar-refractivity contribution >= 4 is 23.8 Å². The van der Waals surface area contributed by atoms with E-state index in [1.54, 1.807) is 11.8 Å². The van der Waals surface area contributed by atoms with Gasteiger partial charge < -0.3 is 15.0 Å². The number of anilines is 1. The van der Waals surface area contributed by atoms with Gasteiger partial charge in [-0.05, 0) is 42.0 Å². The van der Waals surface area contributed by atoms with Crippen molar-refractivity contribution < 1.29 is 14.4 Å². The van der Waals surface area contributed by atoms with Gasteiger partial charge in [-0.15, -0.1) is 0 Å². The Balaban J connectivity index is 1.84. The molecule has 1 heterocycles. The van der Waals surface area contributed by atoms with Crippen LogP contribution < -0.4 is 10.2 Å². The van der Waals surface area contributed by atoms with Crippen molar-refractivity contribution in [3.05, 3.63) is 65.2 Å². The van der Waals surface area contributed by atoms with Crippen molar-refractivity contribution in [3.8, 4) is 0 Å². The molecule has 1 aliphatic heterocycles. The lowest BCUT2D eigenvalue weighted by atomic mass is 9.87. The Morgan fingerprint density at radius 3 is 2.54 bits per heavy atom. The van der Waals surface area contributed by atoms with Crippen LogP contribution >= 0.6 is 0 Å². The monoisotopic (exact) mass is 378 g/mol. The lowest BCUT2D eigenvalue weighted by Gasteiger charge is -2.31. The molecule has 146 valence electrons. The standard InChI is InChI=1S/C23H26N2O3/c1-16-13-18-7-4-6-10-21(18)25(14-19-8-3-5-9-20(16)19)23(28)12-11-22(27)24-17(2)15-26/h3-10,15-17H,11-14H2,1-2H3,(H,24,27). The van der Waals surface area contributed by atoms with Crippen LogP contribution in [0.5, 0.6) is 0 Å². The number of nitrogens with zero attached hydrogens (tertiary/aromatic N) is 1. The van der Waals surface area contributed by atoms with Gasteiger partial charge in [0.25, 0.3) is 0 Å². The van der Waals surface area contributed by atoms with Gasteiger partial charge in [0.05, 0.1) is 12.6 Å². The van der Waals surface area contributed by atoms with Crippen LogP contribution in [0.4, 0.5) is 5.69 Å². The maximum atomic E-state index is 13.1. The number of benzene rings is 2. The number of carbonyl (C=O) groups is 3. The highest BCUT2D eigenvalue weighted by atomic mass is 16.2. The number of hydrogen-bond acceptors (Lipinski definition) is 3. The predicted octanol–water partition coefficient (Wildman–Crippen LogP) is 3.36. The van der Waals surface area contributed by atoms with Crippen molar-refractivity contribution in [3.63, 3.8) is 0 Å².